The Hall–Kier alpha value is -2.50. The highest BCUT2D eigenvalue weighted by molar-refractivity contribution is 5.74. The Morgan fingerprint density at radius 1 is 1.17 bits per heavy atom. The fraction of sp³-hybridized carbons (Fsp3) is 0.444. The Morgan fingerprint density at radius 2 is 2.00 bits per heavy atom. The Balaban J connectivity index is 1.80. The van der Waals surface area contributed by atoms with E-state index in [9.17, 15) is 4.79 Å². The summed E-state index contributed by atoms with van der Waals surface area (Å²) in [4.78, 5) is 29.9. The molecule has 0 saturated carbocycles. The van der Waals surface area contributed by atoms with E-state index in [4.69, 9.17) is 9.97 Å². The second-order valence-corrected chi connectivity index (χ2v) is 6.42. The van der Waals surface area contributed by atoms with Crippen LogP contribution in [0.2, 0.25) is 0 Å². The molecule has 1 fully saturated rings. The molecule has 2 aromatic heterocycles. The third kappa shape index (κ3) is 2.72. The Kier molecular flexibility index (Phi) is 3.88. The van der Waals surface area contributed by atoms with Gasteiger partial charge in [0.15, 0.2) is 5.82 Å². The van der Waals surface area contributed by atoms with Crippen LogP contribution in [0.1, 0.15) is 31.0 Å². The van der Waals surface area contributed by atoms with E-state index < -0.39 is 0 Å². The molecule has 1 amide bonds. The molecule has 6 heteroatoms. The van der Waals surface area contributed by atoms with Crippen LogP contribution in [-0.2, 0) is 17.8 Å². The number of nitrogens with zero attached hydrogens (tertiary/aromatic N) is 5. The molecule has 2 aliphatic heterocycles. The van der Waals surface area contributed by atoms with Crippen LogP contribution in [0, 0.1) is 0 Å². The molecule has 0 aromatic carbocycles. The van der Waals surface area contributed by atoms with Crippen molar-refractivity contribution in [3.05, 3.63) is 35.8 Å². The summed E-state index contributed by atoms with van der Waals surface area (Å²) in [6.45, 7) is 5.02. The molecule has 0 N–H and O–H groups in total. The van der Waals surface area contributed by atoms with E-state index in [2.05, 4.69) is 9.88 Å². The van der Waals surface area contributed by atoms with E-state index >= 15 is 0 Å². The first kappa shape index (κ1) is 15.1. The third-order valence-electron chi connectivity index (χ3n) is 4.81. The Bertz CT molecular complexity index is 756. The number of amides is 1. The van der Waals surface area contributed by atoms with Crippen molar-refractivity contribution >= 4 is 11.7 Å². The lowest BCUT2D eigenvalue weighted by atomic mass is 10.0. The smallest absolute Gasteiger partial charge is 0.219 e. The summed E-state index contributed by atoms with van der Waals surface area (Å²) in [5.74, 6) is 1.85. The van der Waals surface area contributed by atoms with Gasteiger partial charge in [0.1, 0.15) is 5.82 Å². The van der Waals surface area contributed by atoms with Gasteiger partial charge in [0, 0.05) is 56.5 Å². The maximum atomic E-state index is 11.8. The van der Waals surface area contributed by atoms with Crippen LogP contribution in [0.3, 0.4) is 0 Å². The minimum Gasteiger partial charge on any atom is -0.356 e. The first-order valence-corrected chi connectivity index (χ1v) is 8.53. The molecule has 6 nitrogen and oxygen atoms in total. The number of pyridine rings is 1. The lowest BCUT2D eigenvalue weighted by Gasteiger charge is -2.31. The van der Waals surface area contributed by atoms with Crippen molar-refractivity contribution in [2.24, 2.45) is 0 Å². The fourth-order valence-corrected chi connectivity index (χ4v) is 3.48. The number of rotatable bonds is 2. The number of hydrogen-bond donors (Lipinski definition) is 0. The molecule has 0 bridgehead atoms. The predicted molar refractivity (Wildman–Crippen MR) is 91.5 cm³/mol. The molecular weight excluding hydrogens is 302 g/mol. The highest BCUT2D eigenvalue weighted by atomic mass is 16.2. The monoisotopic (exact) mass is 323 g/mol. The van der Waals surface area contributed by atoms with Gasteiger partial charge in [-0.2, -0.15) is 0 Å². The molecule has 4 heterocycles. The zero-order valence-electron chi connectivity index (χ0n) is 13.9. The lowest BCUT2D eigenvalue weighted by Crippen LogP contribution is -2.36. The molecule has 0 unspecified atom stereocenters. The van der Waals surface area contributed by atoms with Gasteiger partial charge in [0.25, 0.3) is 0 Å². The molecule has 0 aliphatic carbocycles. The van der Waals surface area contributed by atoms with E-state index in [0.29, 0.717) is 6.54 Å². The highest BCUT2D eigenvalue weighted by Gasteiger charge is 2.27. The van der Waals surface area contributed by atoms with Crippen molar-refractivity contribution in [3.63, 3.8) is 0 Å². The maximum absolute atomic E-state index is 11.8. The summed E-state index contributed by atoms with van der Waals surface area (Å²) in [5.41, 5.74) is 3.13. The van der Waals surface area contributed by atoms with Crippen LogP contribution >= 0.6 is 0 Å². The van der Waals surface area contributed by atoms with Gasteiger partial charge in [-0.15, -0.1) is 0 Å². The van der Waals surface area contributed by atoms with Crippen LogP contribution in [0.5, 0.6) is 0 Å². The zero-order valence-corrected chi connectivity index (χ0v) is 13.9. The van der Waals surface area contributed by atoms with E-state index in [0.717, 1.165) is 54.5 Å². The first-order chi connectivity index (χ1) is 11.7. The zero-order chi connectivity index (χ0) is 16.5. The van der Waals surface area contributed by atoms with E-state index in [1.165, 1.54) is 12.8 Å². The third-order valence-corrected chi connectivity index (χ3v) is 4.81. The number of carbonyl (C=O) groups excluding carboxylic acids is 1. The molecule has 2 aliphatic rings. The van der Waals surface area contributed by atoms with Gasteiger partial charge in [0.2, 0.25) is 5.91 Å². The summed E-state index contributed by atoms with van der Waals surface area (Å²) >= 11 is 0. The van der Waals surface area contributed by atoms with Crippen molar-refractivity contribution in [2.75, 3.05) is 24.5 Å². The minimum absolute atomic E-state index is 0.115. The summed E-state index contributed by atoms with van der Waals surface area (Å²) in [7, 11) is 0. The molecule has 24 heavy (non-hydrogen) atoms. The van der Waals surface area contributed by atoms with Gasteiger partial charge < -0.3 is 9.80 Å². The normalized spacial score (nSPS) is 17.0. The second-order valence-electron chi connectivity index (χ2n) is 6.42. The molecule has 124 valence electrons. The maximum Gasteiger partial charge on any atom is 0.219 e. The lowest BCUT2D eigenvalue weighted by molar-refractivity contribution is -0.129. The summed E-state index contributed by atoms with van der Waals surface area (Å²) in [6.07, 6.45) is 6.73. The van der Waals surface area contributed by atoms with Gasteiger partial charge in [-0.25, -0.2) is 9.97 Å². The Labute approximate surface area is 141 Å². The van der Waals surface area contributed by atoms with Crippen LogP contribution in [-0.4, -0.2) is 45.4 Å². The molecular formula is C18H21N5O. The second kappa shape index (κ2) is 6.19. The number of hydrogen-bond acceptors (Lipinski definition) is 5. The van der Waals surface area contributed by atoms with Gasteiger partial charge in [-0.05, 0) is 25.0 Å². The van der Waals surface area contributed by atoms with Gasteiger partial charge in [0.05, 0.1) is 12.2 Å². The average molecular weight is 323 g/mol. The van der Waals surface area contributed by atoms with Crippen molar-refractivity contribution in [1.82, 2.24) is 19.9 Å². The van der Waals surface area contributed by atoms with E-state index in [1.54, 1.807) is 19.3 Å². The largest absolute Gasteiger partial charge is 0.356 e. The van der Waals surface area contributed by atoms with Crippen LogP contribution < -0.4 is 4.90 Å². The molecule has 1 saturated heterocycles. The average Bonchev–Trinajstić information content (AvgIpc) is 3.15. The quantitative estimate of drug-likeness (QED) is 0.846. The summed E-state index contributed by atoms with van der Waals surface area (Å²) < 4.78 is 0. The van der Waals surface area contributed by atoms with Crippen molar-refractivity contribution in [1.29, 1.82) is 0 Å². The van der Waals surface area contributed by atoms with Crippen molar-refractivity contribution in [2.45, 2.75) is 32.7 Å². The van der Waals surface area contributed by atoms with Gasteiger partial charge in [-0.3, -0.25) is 9.78 Å². The number of carbonyl (C=O) groups is 1. The van der Waals surface area contributed by atoms with Crippen LogP contribution in [0.4, 0.5) is 5.82 Å². The molecule has 0 atom stereocenters. The minimum atomic E-state index is 0.115. The first-order valence-electron chi connectivity index (χ1n) is 8.53. The topological polar surface area (TPSA) is 62.2 Å². The summed E-state index contributed by atoms with van der Waals surface area (Å²) in [6, 6.07) is 3.90. The van der Waals surface area contributed by atoms with Crippen molar-refractivity contribution in [3.8, 4) is 11.4 Å². The number of anilines is 1. The predicted octanol–water partition coefficient (Wildman–Crippen LogP) is 2.04. The summed E-state index contributed by atoms with van der Waals surface area (Å²) in [5, 5.41) is 0. The van der Waals surface area contributed by atoms with Gasteiger partial charge >= 0.3 is 0 Å². The molecule has 2 aromatic rings. The molecule has 0 radical (unpaired) electrons. The van der Waals surface area contributed by atoms with Crippen LogP contribution in [0.15, 0.2) is 24.5 Å². The fourth-order valence-electron chi connectivity index (χ4n) is 3.48. The van der Waals surface area contributed by atoms with Gasteiger partial charge in [-0.1, -0.05) is 0 Å². The molecule has 4 rings (SSSR count). The number of fused-ring (bicyclic) bond motifs is 1. The molecule has 0 spiro atoms. The van der Waals surface area contributed by atoms with Crippen molar-refractivity contribution < 1.29 is 4.79 Å². The highest BCUT2D eigenvalue weighted by Crippen LogP contribution is 2.31. The van der Waals surface area contributed by atoms with E-state index in [1.807, 2.05) is 17.0 Å². The van der Waals surface area contributed by atoms with Crippen LogP contribution in [0.25, 0.3) is 11.4 Å². The standard InChI is InChI=1S/C18H21N5O/c1-13(24)23-10-6-16-15(12-23)18(22-8-2-3-9-22)21-17(20-16)14-5-4-7-19-11-14/h4-5,7,11H,2-3,6,8-10,12H2,1H3. The Morgan fingerprint density at radius 3 is 2.71 bits per heavy atom. The van der Waals surface area contributed by atoms with E-state index in [-0.39, 0.29) is 5.91 Å². The number of aromatic nitrogens is 3. The SMILES string of the molecule is CC(=O)N1CCc2nc(-c3cccnc3)nc(N3CCCC3)c2C1.